The van der Waals surface area contributed by atoms with Gasteiger partial charge < -0.3 is 15.1 Å². The fourth-order valence-corrected chi connectivity index (χ4v) is 4.20. The number of halogens is 1. The number of nitrogens with zero attached hydrogens (tertiary/aromatic N) is 3. The second kappa shape index (κ2) is 10.8. The molecule has 1 aliphatic heterocycles. The molecule has 0 atom stereocenters. The molecule has 1 saturated heterocycles. The van der Waals surface area contributed by atoms with Crippen LogP contribution in [0.15, 0.2) is 52.0 Å². The zero-order chi connectivity index (χ0) is 19.8. The molecule has 1 aromatic heterocycles. The number of carbonyl (C=O) groups is 1. The first kappa shape index (κ1) is 21.1. The minimum atomic E-state index is 0.0735. The highest BCUT2D eigenvalue weighted by Crippen LogP contribution is 2.21. The lowest BCUT2D eigenvalue weighted by Gasteiger charge is -2.34. The van der Waals surface area contributed by atoms with Crippen molar-refractivity contribution in [3.63, 3.8) is 0 Å². The fourth-order valence-electron chi connectivity index (χ4n) is 3.08. The van der Waals surface area contributed by atoms with Crippen molar-refractivity contribution in [2.45, 2.75) is 24.8 Å². The molecular formula is C21H27BrN4OS. The van der Waals surface area contributed by atoms with E-state index in [2.05, 4.69) is 67.2 Å². The van der Waals surface area contributed by atoms with Crippen LogP contribution in [0, 0.1) is 0 Å². The lowest BCUT2D eigenvalue weighted by atomic mass is 10.2. The standard InChI is InChI=1S/C21H27BrN4OS/c1-2-25-10-12-26(13-11-25)20-8-3-17(15-23-20)16-24-21(27)9-14-28-19-6-4-18(22)5-7-19/h3-8,15H,2,9-14,16H2,1H3,(H,24,27). The summed E-state index contributed by atoms with van der Waals surface area (Å²) in [6, 6.07) is 12.3. The molecule has 7 heteroatoms. The smallest absolute Gasteiger partial charge is 0.221 e. The van der Waals surface area contributed by atoms with Crippen molar-refractivity contribution in [3.8, 4) is 0 Å². The molecule has 2 heterocycles. The van der Waals surface area contributed by atoms with Crippen LogP contribution >= 0.6 is 27.7 Å². The number of likely N-dealkylation sites (N-methyl/N-ethyl adjacent to an activating group) is 1. The zero-order valence-corrected chi connectivity index (χ0v) is 18.6. The second-order valence-corrected chi connectivity index (χ2v) is 8.86. The van der Waals surface area contributed by atoms with E-state index in [9.17, 15) is 4.79 Å². The normalized spacial score (nSPS) is 14.9. The number of thioether (sulfide) groups is 1. The Morgan fingerprint density at radius 2 is 1.89 bits per heavy atom. The number of piperazine rings is 1. The van der Waals surface area contributed by atoms with Crippen molar-refractivity contribution in [2.75, 3.05) is 43.4 Å². The molecule has 2 aromatic rings. The number of nitrogens with one attached hydrogen (secondary N) is 1. The van der Waals surface area contributed by atoms with E-state index in [1.165, 1.54) is 4.90 Å². The van der Waals surface area contributed by atoms with E-state index in [-0.39, 0.29) is 5.91 Å². The van der Waals surface area contributed by atoms with Gasteiger partial charge in [0.2, 0.25) is 5.91 Å². The van der Waals surface area contributed by atoms with Gasteiger partial charge in [-0.15, -0.1) is 11.8 Å². The van der Waals surface area contributed by atoms with Gasteiger partial charge >= 0.3 is 0 Å². The van der Waals surface area contributed by atoms with Crippen LogP contribution in [0.25, 0.3) is 0 Å². The highest BCUT2D eigenvalue weighted by molar-refractivity contribution is 9.10. The predicted molar refractivity (Wildman–Crippen MR) is 120 cm³/mol. The Morgan fingerprint density at radius 1 is 1.14 bits per heavy atom. The molecule has 150 valence electrons. The largest absolute Gasteiger partial charge is 0.354 e. The lowest BCUT2D eigenvalue weighted by molar-refractivity contribution is -0.120. The molecule has 5 nitrogen and oxygen atoms in total. The van der Waals surface area contributed by atoms with E-state index in [1.807, 2.05) is 18.3 Å². The van der Waals surface area contributed by atoms with Crippen molar-refractivity contribution < 1.29 is 4.79 Å². The van der Waals surface area contributed by atoms with Crippen LogP contribution in [0.4, 0.5) is 5.82 Å². The van der Waals surface area contributed by atoms with Crippen LogP contribution in [0.5, 0.6) is 0 Å². The van der Waals surface area contributed by atoms with Crippen LogP contribution in [0.1, 0.15) is 18.9 Å². The number of aromatic nitrogens is 1. The van der Waals surface area contributed by atoms with Crippen LogP contribution in [-0.4, -0.2) is 54.3 Å². The van der Waals surface area contributed by atoms with Crippen molar-refractivity contribution >= 4 is 39.4 Å². The topological polar surface area (TPSA) is 48.5 Å². The molecule has 0 unspecified atom stereocenters. The maximum atomic E-state index is 12.1. The van der Waals surface area contributed by atoms with Gasteiger partial charge in [0.1, 0.15) is 5.82 Å². The van der Waals surface area contributed by atoms with Gasteiger partial charge in [0.15, 0.2) is 0 Å². The molecule has 0 aliphatic carbocycles. The Morgan fingerprint density at radius 3 is 2.54 bits per heavy atom. The van der Waals surface area contributed by atoms with Crippen LogP contribution in [-0.2, 0) is 11.3 Å². The minimum Gasteiger partial charge on any atom is -0.354 e. The zero-order valence-electron chi connectivity index (χ0n) is 16.2. The molecule has 1 fully saturated rings. The molecule has 1 N–H and O–H groups in total. The molecule has 1 aromatic carbocycles. The van der Waals surface area contributed by atoms with Gasteiger partial charge in [0, 0.05) is 60.5 Å². The number of hydrogen-bond acceptors (Lipinski definition) is 5. The Labute approximate surface area is 180 Å². The molecule has 28 heavy (non-hydrogen) atoms. The van der Waals surface area contributed by atoms with Gasteiger partial charge in [-0.25, -0.2) is 4.98 Å². The maximum Gasteiger partial charge on any atom is 0.221 e. The molecular weight excluding hydrogens is 436 g/mol. The summed E-state index contributed by atoms with van der Waals surface area (Å²) < 4.78 is 1.07. The number of rotatable bonds is 8. The third-order valence-corrected chi connectivity index (χ3v) is 6.40. The summed E-state index contributed by atoms with van der Waals surface area (Å²) in [7, 11) is 0. The number of carbonyl (C=O) groups excluding carboxylic acids is 1. The molecule has 0 bridgehead atoms. The first-order valence-electron chi connectivity index (χ1n) is 9.71. The lowest BCUT2D eigenvalue weighted by Crippen LogP contribution is -2.46. The summed E-state index contributed by atoms with van der Waals surface area (Å²) in [5.41, 5.74) is 1.03. The maximum absolute atomic E-state index is 12.1. The summed E-state index contributed by atoms with van der Waals surface area (Å²) >= 11 is 5.12. The van der Waals surface area contributed by atoms with Crippen LogP contribution in [0.3, 0.4) is 0 Å². The summed E-state index contributed by atoms with van der Waals surface area (Å²) in [6.07, 6.45) is 2.38. The van der Waals surface area contributed by atoms with Crippen LogP contribution < -0.4 is 10.2 Å². The Kier molecular flexibility index (Phi) is 8.18. The Hall–Kier alpha value is -1.57. The van der Waals surface area contributed by atoms with Gasteiger partial charge in [-0.1, -0.05) is 28.9 Å². The fraction of sp³-hybridized carbons (Fsp3) is 0.429. The molecule has 0 saturated carbocycles. The van der Waals surface area contributed by atoms with E-state index in [0.29, 0.717) is 13.0 Å². The SMILES string of the molecule is CCN1CCN(c2ccc(CNC(=O)CCSc3ccc(Br)cc3)cn2)CC1. The van der Waals surface area contributed by atoms with Crippen molar-refractivity contribution in [1.29, 1.82) is 0 Å². The van der Waals surface area contributed by atoms with Gasteiger partial charge in [0.25, 0.3) is 0 Å². The molecule has 3 rings (SSSR count). The van der Waals surface area contributed by atoms with E-state index in [0.717, 1.165) is 54.3 Å². The van der Waals surface area contributed by atoms with Crippen LogP contribution in [0.2, 0.25) is 0 Å². The Bertz CT molecular complexity index is 746. The second-order valence-electron chi connectivity index (χ2n) is 6.78. The Balaban J connectivity index is 1.37. The predicted octanol–water partition coefficient (Wildman–Crippen LogP) is 3.78. The monoisotopic (exact) mass is 462 g/mol. The van der Waals surface area contributed by atoms with Crippen molar-refractivity contribution in [1.82, 2.24) is 15.2 Å². The molecule has 1 aliphatic rings. The first-order valence-corrected chi connectivity index (χ1v) is 11.5. The molecule has 0 spiro atoms. The molecule has 1 amide bonds. The first-order chi connectivity index (χ1) is 13.6. The summed E-state index contributed by atoms with van der Waals surface area (Å²) in [4.78, 5) is 22.6. The quantitative estimate of drug-likeness (QED) is 0.604. The number of amides is 1. The summed E-state index contributed by atoms with van der Waals surface area (Å²) in [5.74, 6) is 1.87. The van der Waals surface area contributed by atoms with E-state index in [4.69, 9.17) is 0 Å². The third kappa shape index (κ3) is 6.50. The highest BCUT2D eigenvalue weighted by atomic mass is 79.9. The van der Waals surface area contributed by atoms with Gasteiger partial charge in [-0.3, -0.25) is 4.79 Å². The van der Waals surface area contributed by atoms with Crippen molar-refractivity contribution in [2.24, 2.45) is 0 Å². The van der Waals surface area contributed by atoms with Gasteiger partial charge in [-0.05, 0) is 42.4 Å². The summed E-state index contributed by atoms with van der Waals surface area (Å²) in [5, 5.41) is 2.99. The highest BCUT2D eigenvalue weighted by Gasteiger charge is 2.16. The number of pyridine rings is 1. The third-order valence-electron chi connectivity index (χ3n) is 4.85. The number of benzene rings is 1. The van der Waals surface area contributed by atoms with Crippen molar-refractivity contribution in [3.05, 3.63) is 52.6 Å². The number of hydrogen-bond donors (Lipinski definition) is 1. The van der Waals surface area contributed by atoms with E-state index < -0.39 is 0 Å². The van der Waals surface area contributed by atoms with E-state index in [1.54, 1.807) is 11.8 Å². The van der Waals surface area contributed by atoms with Gasteiger partial charge in [0.05, 0.1) is 0 Å². The van der Waals surface area contributed by atoms with E-state index >= 15 is 0 Å². The average Bonchev–Trinajstić information content (AvgIpc) is 2.74. The van der Waals surface area contributed by atoms with Gasteiger partial charge in [-0.2, -0.15) is 0 Å². The minimum absolute atomic E-state index is 0.0735. The summed E-state index contributed by atoms with van der Waals surface area (Å²) in [6.45, 7) is 8.07. The molecule has 0 radical (unpaired) electrons. The average molecular weight is 463 g/mol. The number of anilines is 1.